The second-order valence-corrected chi connectivity index (χ2v) is 9.49. The highest BCUT2D eigenvalue weighted by Gasteiger charge is 2.45. The summed E-state index contributed by atoms with van der Waals surface area (Å²) in [6.45, 7) is 0. The molecular formula is C21H23BrNP. The molecule has 0 saturated heterocycles. The lowest BCUT2D eigenvalue weighted by Gasteiger charge is -2.29. The van der Waals surface area contributed by atoms with E-state index in [1.165, 1.54) is 15.9 Å². The molecule has 3 heteroatoms. The van der Waals surface area contributed by atoms with Gasteiger partial charge in [-0.3, -0.25) is 4.90 Å². The summed E-state index contributed by atoms with van der Waals surface area (Å²) < 4.78 is 0. The molecule has 0 atom stereocenters. The number of rotatable bonds is 5. The lowest BCUT2D eigenvalue weighted by molar-refractivity contribution is -0.00000463. The molecule has 3 aromatic carbocycles. The fourth-order valence-electron chi connectivity index (χ4n) is 3.16. The quantitative estimate of drug-likeness (QED) is 0.565. The van der Waals surface area contributed by atoms with Gasteiger partial charge in [0, 0.05) is 0 Å². The third-order valence-corrected chi connectivity index (χ3v) is 8.61. The first-order valence-corrected chi connectivity index (χ1v) is 9.90. The largest absolute Gasteiger partial charge is 1.00 e. The van der Waals surface area contributed by atoms with E-state index in [4.69, 9.17) is 0 Å². The van der Waals surface area contributed by atoms with Crippen LogP contribution < -0.4 is 32.9 Å². The molecule has 1 nitrogen and oxygen atoms in total. The summed E-state index contributed by atoms with van der Waals surface area (Å²) in [7, 11) is 2.66. The topological polar surface area (TPSA) is 3.24 Å². The Morgan fingerprint density at radius 2 is 0.875 bits per heavy atom. The molecule has 0 N–H and O–H groups in total. The lowest BCUT2D eigenvalue weighted by Crippen LogP contribution is -3.00. The number of nitrogens with zero attached hydrogens (tertiary/aromatic N) is 1. The maximum Gasteiger partial charge on any atom is 0.126 e. The Balaban J connectivity index is 0.00000208. The summed E-state index contributed by atoms with van der Waals surface area (Å²) in [4.78, 5) is 2.32. The van der Waals surface area contributed by atoms with Crippen molar-refractivity contribution in [2.75, 3.05) is 20.4 Å². The second kappa shape index (κ2) is 8.58. The zero-order valence-electron chi connectivity index (χ0n) is 14.1. The normalized spacial score (nSPS) is 11.1. The summed E-state index contributed by atoms with van der Waals surface area (Å²) in [5, 5.41) is 4.31. The van der Waals surface area contributed by atoms with E-state index in [-0.39, 0.29) is 17.0 Å². The third-order valence-electron chi connectivity index (χ3n) is 4.09. The SMILES string of the molecule is CN(C)C[P+](c1ccccc1)(c1ccccc1)c1ccccc1.[Br-]. The molecule has 0 spiro atoms. The van der Waals surface area contributed by atoms with Crippen molar-refractivity contribution >= 4 is 23.2 Å². The van der Waals surface area contributed by atoms with Gasteiger partial charge in [0.2, 0.25) is 0 Å². The Kier molecular flexibility index (Phi) is 6.74. The van der Waals surface area contributed by atoms with Gasteiger partial charge in [0.05, 0.1) is 0 Å². The minimum Gasteiger partial charge on any atom is -1.00 e. The average Bonchev–Trinajstić information content (AvgIpc) is 2.62. The molecule has 24 heavy (non-hydrogen) atoms. The highest BCUT2D eigenvalue weighted by atomic mass is 79.9. The van der Waals surface area contributed by atoms with Crippen LogP contribution in [0.4, 0.5) is 0 Å². The maximum absolute atomic E-state index is 2.32. The van der Waals surface area contributed by atoms with E-state index < -0.39 is 7.26 Å². The fourth-order valence-corrected chi connectivity index (χ4v) is 7.44. The Morgan fingerprint density at radius 3 is 1.12 bits per heavy atom. The zero-order valence-corrected chi connectivity index (χ0v) is 16.6. The molecule has 3 rings (SSSR count). The predicted octanol–water partition coefficient (Wildman–Crippen LogP) is 0.504. The van der Waals surface area contributed by atoms with Crippen molar-refractivity contribution < 1.29 is 17.0 Å². The Bertz CT molecular complexity index is 633. The molecule has 0 fully saturated rings. The lowest BCUT2D eigenvalue weighted by atomic mass is 10.4. The number of hydrogen-bond donors (Lipinski definition) is 0. The monoisotopic (exact) mass is 399 g/mol. The van der Waals surface area contributed by atoms with E-state index in [2.05, 4.69) is 110 Å². The summed E-state index contributed by atoms with van der Waals surface area (Å²) in [6.07, 6.45) is 1.03. The molecule has 0 aromatic heterocycles. The first-order valence-electron chi connectivity index (χ1n) is 7.93. The number of halogens is 1. The van der Waals surface area contributed by atoms with Gasteiger partial charge in [0.25, 0.3) is 0 Å². The van der Waals surface area contributed by atoms with Gasteiger partial charge in [-0.05, 0) is 50.5 Å². The van der Waals surface area contributed by atoms with E-state index in [0.717, 1.165) is 6.29 Å². The first-order chi connectivity index (χ1) is 11.2. The number of benzene rings is 3. The van der Waals surface area contributed by atoms with Crippen molar-refractivity contribution in [3.8, 4) is 0 Å². The highest BCUT2D eigenvalue weighted by Crippen LogP contribution is 2.55. The van der Waals surface area contributed by atoms with Gasteiger partial charge in [-0.2, -0.15) is 0 Å². The van der Waals surface area contributed by atoms with Gasteiger partial charge in [-0.1, -0.05) is 54.6 Å². The molecule has 0 aliphatic carbocycles. The van der Waals surface area contributed by atoms with E-state index >= 15 is 0 Å². The van der Waals surface area contributed by atoms with Crippen LogP contribution in [0.2, 0.25) is 0 Å². The minimum absolute atomic E-state index is 0. The minimum atomic E-state index is -1.68. The average molecular weight is 400 g/mol. The van der Waals surface area contributed by atoms with E-state index in [1.807, 2.05) is 0 Å². The van der Waals surface area contributed by atoms with Crippen LogP contribution in [0.5, 0.6) is 0 Å². The molecule has 124 valence electrons. The number of hydrogen-bond acceptors (Lipinski definition) is 1. The fraction of sp³-hybridized carbons (Fsp3) is 0.143. The molecular weight excluding hydrogens is 377 g/mol. The maximum atomic E-state index is 2.32. The van der Waals surface area contributed by atoms with Gasteiger partial charge in [-0.15, -0.1) is 0 Å². The van der Waals surface area contributed by atoms with Crippen LogP contribution in [0.1, 0.15) is 0 Å². The van der Waals surface area contributed by atoms with Gasteiger partial charge in [0.15, 0.2) is 0 Å². The van der Waals surface area contributed by atoms with Crippen LogP contribution in [0, 0.1) is 0 Å². The van der Waals surface area contributed by atoms with Crippen LogP contribution in [-0.2, 0) is 0 Å². The van der Waals surface area contributed by atoms with Gasteiger partial charge in [0.1, 0.15) is 29.5 Å². The van der Waals surface area contributed by atoms with Crippen LogP contribution in [-0.4, -0.2) is 25.3 Å². The summed E-state index contributed by atoms with van der Waals surface area (Å²) in [6, 6.07) is 33.0. The third kappa shape index (κ3) is 3.78. The van der Waals surface area contributed by atoms with Gasteiger partial charge >= 0.3 is 0 Å². The smallest absolute Gasteiger partial charge is 0.126 e. The molecule has 0 radical (unpaired) electrons. The molecule has 0 saturated carbocycles. The van der Waals surface area contributed by atoms with Crippen molar-refractivity contribution in [1.82, 2.24) is 4.90 Å². The molecule has 0 heterocycles. The summed E-state index contributed by atoms with van der Waals surface area (Å²) >= 11 is 0. The highest BCUT2D eigenvalue weighted by molar-refractivity contribution is 7.95. The molecule has 0 aliphatic rings. The van der Waals surface area contributed by atoms with Crippen molar-refractivity contribution in [2.45, 2.75) is 0 Å². The standard InChI is InChI=1S/C21H23NP.BrH/c1-22(2)18-23(19-12-6-3-7-13-19,20-14-8-4-9-15-20)21-16-10-5-11-17-21;/h3-17H,18H2,1-2H3;1H/q+1;/p-1. The Morgan fingerprint density at radius 1 is 0.583 bits per heavy atom. The molecule has 0 amide bonds. The van der Waals surface area contributed by atoms with E-state index in [1.54, 1.807) is 0 Å². The van der Waals surface area contributed by atoms with Crippen LogP contribution in [0.3, 0.4) is 0 Å². The molecule has 0 aliphatic heterocycles. The molecule has 3 aromatic rings. The predicted molar refractivity (Wildman–Crippen MR) is 104 cm³/mol. The Hall–Kier alpha value is -1.47. The van der Waals surface area contributed by atoms with Crippen molar-refractivity contribution in [3.05, 3.63) is 91.0 Å². The van der Waals surface area contributed by atoms with Crippen LogP contribution >= 0.6 is 7.26 Å². The van der Waals surface area contributed by atoms with Gasteiger partial charge in [-0.25, -0.2) is 0 Å². The van der Waals surface area contributed by atoms with Crippen molar-refractivity contribution in [1.29, 1.82) is 0 Å². The van der Waals surface area contributed by atoms with Crippen LogP contribution in [0.25, 0.3) is 0 Å². The second-order valence-electron chi connectivity index (χ2n) is 6.04. The zero-order chi connectivity index (χ0) is 16.1. The Labute approximate surface area is 156 Å². The van der Waals surface area contributed by atoms with Gasteiger partial charge < -0.3 is 17.0 Å². The summed E-state index contributed by atoms with van der Waals surface area (Å²) in [5.41, 5.74) is 0. The summed E-state index contributed by atoms with van der Waals surface area (Å²) in [5.74, 6) is 0. The first kappa shape index (κ1) is 18.9. The van der Waals surface area contributed by atoms with Crippen molar-refractivity contribution in [2.24, 2.45) is 0 Å². The van der Waals surface area contributed by atoms with E-state index in [9.17, 15) is 0 Å². The van der Waals surface area contributed by atoms with Crippen molar-refractivity contribution in [3.63, 3.8) is 0 Å². The molecule has 0 bridgehead atoms. The molecule has 0 unspecified atom stereocenters. The van der Waals surface area contributed by atoms with E-state index in [0.29, 0.717) is 0 Å². The van der Waals surface area contributed by atoms with Crippen LogP contribution in [0.15, 0.2) is 91.0 Å².